The molecule has 1 fully saturated rings. The number of carbonyl (C=O) groups is 1. The SMILES string of the molecule is CCOc1cncc(-c2ccc(NC(=O)C(CC)c3ccnc(NS(=O)(=O)C4CC4)n3)cc2)n1. The van der Waals surface area contributed by atoms with Gasteiger partial charge in [-0.1, -0.05) is 19.1 Å². The summed E-state index contributed by atoms with van der Waals surface area (Å²) < 4.78 is 32.2. The number of rotatable bonds is 10. The molecular formula is C23H26N6O4S. The number of nitrogens with zero attached hydrogens (tertiary/aromatic N) is 4. The van der Waals surface area contributed by atoms with Crippen LogP contribution in [0.2, 0.25) is 0 Å². The summed E-state index contributed by atoms with van der Waals surface area (Å²) in [5.41, 5.74) is 2.56. The van der Waals surface area contributed by atoms with Gasteiger partial charge in [0.2, 0.25) is 27.8 Å². The Balaban J connectivity index is 1.45. The van der Waals surface area contributed by atoms with E-state index in [2.05, 4.69) is 30.0 Å². The Kier molecular flexibility index (Phi) is 7.01. The molecule has 2 N–H and O–H groups in total. The van der Waals surface area contributed by atoms with Gasteiger partial charge in [-0.2, -0.15) is 0 Å². The predicted octanol–water partition coefficient (Wildman–Crippen LogP) is 3.37. The first-order valence-electron chi connectivity index (χ1n) is 11.1. The van der Waals surface area contributed by atoms with Crippen molar-refractivity contribution in [1.82, 2.24) is 19.9 Å². The Bertz CT molecular complexity index is 1260. The van der Waals surface area contributed by atoms with E-state index in [0.717, 1.165) is 5.56 Å². The maximum absolute atomic E-state index is 13.0. The topological polar surface area (TPSA) is 136 Å². The maximum Gasteiger partial charge on any atom is 0.237 e. The number of benzene rings is 1. The lowest BCUT2D eigenvalue weighted by Crippen LogP contribution is -2.23. The van der Waals surface area contributed by atoms with E-state index in [-0.39, 0.29) is 17.1 Å². The monoisotopic (exact) mass is 482 g/mol. The van der Waals surface area contributed by atoms with Crippen molar-refractivity contribution in [2.75, 3.05) is 16.6 Å². The Labute approximate surface area is 198 Å². The van der Waals surface area contributed by atoms with Gasteiger partial charge in [0.25, 0.3) is 0 Å². The normalized spacial score (nSPS) is 14.3. The molecule has 1 amide bonds. The summed E-state index contributed by atoms with van der Waals surface area (Å²) in [6, 6.07) is 8.86. The third-order valence-electron chi connectivity index (χ3n) is 5.31. The number of ether oxygens (including phenoxy) is 1. The van der Waals surface area contributed by atoms with Crippen LogP contribution in [0, 0.1) is 0 Å². The fourth-order valence-electron chi connectivity index (χ4n) is 3.39. The molecule has 2 heterocycles. The van der Waals surface area contributed by atoms with Gasteiger partial charge in [0, 0.05) is 17.4 Å². The van der Waals surface area contributed by atoms with Crippen LogP contribution in [0.4, 0.5) is 11.6 Å². The molecule has 0 aliphatic heterocycles. The Morgan fingerprint density at radius 2 is 1.88 bits per heavy atom. The number of amides is 1. The second kappa shape index (κ2) is 10.1. The maximum atomic E-state index is 13.0. The zero-order chi connectivity index (χ0) is 24.1. The molecule has 0 saturated heterocycles. The summed E-state index contributed by atoms with van der Waals surface area (Å²) >= 11 is 0. The van der Waals surface area contributed by atoms with Gasteiger partial charge in [0.05, 0.1) is 41.6 Å². The van der Waals surface area contributed by atoms with Crippen LogP contribution in [0.1, 0.15) is 44.7 Å². The van der Waals surface area contributed by atoms with Gasteiger partial charge in [-0.05, 0) is 44.4 Å². The Morgan fingerprint density at radius 1 is 1.12 bits per heavy atom. The molecule has 2 aromatic heterocycles. The molecule has 3 aromatic rings. The highest BCUT2D eigenvalue weighted by molar-refractivity contribution is 7.93. The average Bonchev–Trinajstić information content (AvgIpc) is 3.67. The first kappa shape index (κ1) is 23.6. The summed E-state index contributed by atoms with van der Waals surface area (Å²) in [4.78, 5) is 29.8. The number of anilines is 2. The molecule has 11 heteroatoms. The number of hydrogen-bond acceptors (Lipinski definition) is 8. The number of sulfonamides is 1. The standard InChI is InChI=1S/C23H26N6O4S/c1-3-18(19-11-12-25-23(28-19)29-34(31,32)17-9-10-17)22(30)26-16-7-5-15(6-8-16)20-13-24-14-21(27-20)33-4-2/h5-8,11-14,17-18H,3-4,9-10H2,1-2H3,(H,26,30)(H,25,28,29). The van der Waals surface area contributed by atoms with Crippen molar-refractivity contribution in [1.29, 1.82) is 0 Å². The summed E-state index contributed by atoms with van der Waals surface area (Å²) in [5, 5.41) is 2.51. The van der Waals surface area contributed by atoms with E-state index in [1.165, 1.54) is 6.20 Å². The zero-order valence-corrected chi connectivity index (χ0v) is 19.7. The van der Waals surface area contributed by atoms with Crippen LogP contribution in [-0.2, 0) is 14.8 Å². The van der Waals surface area contributed by atoms with E-state index in [1.54, 1.807) is 30.6 Å². The van der Waals surface area contributed by atoms with Crippen LogP contribution in [-0.4, -0.2) is 46.1 Å². The first-order chi connectivity index (χ1) is 16.4. The molecule has 0 spiro atoms. The van der Waals surface area contributed by atoms with Crippen LogP contribution in [0.25, 0.3) is 11.3 Å². The van der Waals surface area contributed by atoms with E-state index < -0.39 is 15.9 Å². The minimum Gasteiger partial charge on any atom is -0.477 e. The van der Waals surface area contributed by atoms with Crippen LogP contribution in [0.5, 0.6) is 5.88 Å². The molecule has 1 aliphatic carbocycles. The van der Waals surface area contributed by atoms with Crippen molar-refractivity contribution < 1.29 is 17.9 Å². The van der Waals surface area contributed by atoms with E-state index in [4.69, 9.17) is 4.74 Å². The molecule has 1 unspecified atom stereocenters. The molecule has 1 aromatic carbocycles. The quantitative estimate of drug-likeness (QED) is 0.449. The smallest absolute Gasteiger partial charge is 0.237 e. The average molecular weight is 483 g/mol. The molecule has 1 saturated carbocycles. The molecule has 1 atom stereocenters. The second-order valence-corrected chi connectivity index (χ2v) is 9.82. The predicted molar refractivity (Wildman–Crippen MR) is 128 cm³/mol. The molecular weight excluding hydrogens is 456 g/mol. The van der Waals surface area contributed by atoms with Gasteiger partial charge in [0.15, 0.2) is 0 Å². The minimum absolute atomic E-state index is 0.0182. The number of hydrogen-bond donors (Lipinski definition) is 2. The molecule has 0 bridgehead atoms. The molecule has 1 aliphatic rings. The molecule has 4 rings (SSSR count). The molecule has 0 radical (unpaired) electrons. The van der Waals surface area contributed by atoms with Crippen LogP contribution in [0.3, 0.4) is 0 Å². The van der Waals surface area contributed by atoms with Crippen molar-refractivity contribution in [3.05, 3.63) is 54.6 Å². The largest absolute Gasteiger partial charge is 0.477 e. The van der Waals surface area contributed by atoms with Gasteiger partial charge in [0.1, 0.15) is 0 Å². The van der Waals surface area contributed by atoms with Crippen molar-refractivity contribution in [3.8, 4) is 17.1 Å². The highest BCUT2D eigenvalue weighted by Gasteiger charge is 2.36. The number of nitrogens with one attached hydrogen (secondary N) is 2. The Morgan fingerprint density at radius 3 is 2.56 bits per heavy atom. The van der Waals surface area contributed by atoms with Crippen molar-refractivity contribution in [3.63, 3.8) is 0 Å². The third-order valence-corrected chi connectivity index (χ3v) is 7.12. The summed E-state index contributed by atoms with van der Waals surface area (Å²) in [7, 11) is -3.48. The lowest BCUT2D eigenvalue weighted by molar-refractivity contribution is -0.117. The molecule has 178 valence electrons. The molecule has 34 heavy (non-hydrogen) atoms. The van der Waals surface area contributed by atoms with Gasteiger partial charge in [-0.25, -0.2) is 23.4 Å². The number of carbonyl (C=O) groups excluding carboxylic acids is 1. The van der Waals surface area contributed by atoms with Crippen LogP contribution < -0.4 is 14.8 Å². The first-order valence-corrected chi connectivity index (χ1v) is 12.6. The fourth-order valence-corrected chi connectivity index (χ4v) is 4.67. The van der Waals surface area contributed by atoms with Crippen molar-refractivity contribution in [2.24, 2.45) is 0 Å². The van der Waals surface area contributed by atoms with Crippen molar-refractivity contribution in [2.45, 2.75) is 44.3 Å². The lowest BCUT2D eigenvalue weighted by Gasteiger charge is -2.16. The highest BCUT2D eigenvalue weighted by atomic mass is 32.2. The number of aromatic nitrogens is 4. The van der Waals surface area contributed by atoms with E-state index in [9.17, 15) is 13.2 Å². The second-order valence-electron chi connectivity index (χ2n) is 7.85. The highest BCUT2D eigenvalue weighted by Crippen LogP contribution is 2.29. The van der Waals surface area contributed by atoms with Gasteiger partial charge >= 0.3 is 0 Å². The summed E-state index contributed by atoms with van der Waals surface area (Å²) in [6.45, 7) is 4.25. The van der Waals surface area contributed by atoms with Gasteiger partial charge in [-0.15, -0.1) is 0 Å². The van der Waals surface area contributed by atoms with E-state index in [0.29, 0.717) is 48.8 Å². The lowest BCUT2D eigenvalue weighted by atomic mass is 10.0. The van der Waals surface area contributed by atoms with Crippen LogP contribution in [0.15, 0.2) is 48.9 Å². The fraction of sp³-hybridized carbons (Fsp3) is 0.348. The van der Waals surface area contributed by atoms with Crippen LogP contribution >= 0.6 is 0 Å². The summed E-state index contributed by atoms with van der Waals surface area (Å²) in [6.07, 6.45) is 6.41. The summed E-state index contributed by atoms with van der Waals surface area (Å²) in [5.74, 6) is -0.383. The minimum atomic E-state index is -3.48. The Hall–Kier alpha value is -3.60. The third kappa shape index (κ3) is 5.66. The molecule has 10 nitrogen and oxygen atoms in total. The van der Waals surface area contributed by atoms with E-state index in [1.807, 2.05) is 26.0 Å². The van der Waals surface area contributed by atoms with Crippen molar-refractivity contribution >= 4 is 27.6 Å². The van der Waals surface area contributed by atoms with Gasteiger partial charge < -0.3 is 10.1 Å². The van der Waals surface area contributed by atoms with E-state index >= 15 is 0 Å². The zero-order valence-electron chi connectivity index (χ0n) is 18.9. The van der Waals surface area contributed by atoms with Gasteiger partial charge in [-0.3, -0.25) is 14.5 Å².